The zero-order chi connectivity index (χ0) is 14.9. The molecule has 1 aliphatic heterocycles. The van der Waals surface area contributed by atoms with Crippen LogP contribution in [0.5, 0.6) is 5.75 Å². The van der Waals surface area contributed by atoms with E-state index in [2.05, 4.69) is 15.9 Å². The van der Waals surface area contributed by atoms with Gasteiger partial charge in [0.2, 0.25) is 0 Å². The highest BCUT2D eigenvalue weighted by Gasteiger charge is 2.44. The third-order valence-corrected chi connectivity index (χ3v) is 3.88. The number of benzene rings is 1. The average molecular weight is 349 g/mol. The topological polar surface area (TPSA) is 99.4 Å². The number of hydrogen-bond donors (Lipinski definition) is 4. The molecular formula is C13H17BrO6. The summed E-state index contributed by atoms with van der Waals surface area (Å²) in [4.78, 5) is 0. The first-order valence-electron chi connectivity index (χ1n) is 6.13. The Bertz CT molecular complexity index is 466. The van der Waals surface area contributed by atoms with Gasteiger partial charge in [-0.2, -0.15) is 0 Å². The molecular weight excluding hydrogens is 332 g/mol. The van der Waals surface area contributed by atoms with Crippen LogP contribution in [0.15, 0.2) is 22.7 Å². The number of aliphatic hydroxyl groups is 4. The zero-order valence-corrected chi connectivity index (χ0v) is 12.4. The Balaban J connectivity index is 2.38. The van der Waals surface area contributed by atoms with Crippen LogP contribution in [-0.4, -0.2) is 58.6 Å². The molecule has 4 N–H and O–H groups in total. The number of ether oxygens (including phenoxy) is 2. The molecule has 20 heavy (non-hydrogen) atoms. The summed E-state index contributed by atoms with van der Waals surface area (Å²) in [7, 11) is 1.48. The first-order valence-corrected chi connectivity index (χ1v) is 6.92. The Labute approximate surface area is 124 Å². The maximum Gasteiger partial charge on any atom is 0.124 e. The van der Waals surface area contributed by atoms with Crippen molar-refractivity contribution in [2.75, 3.05) is 13.7 Å². The van der Waals surface area contributed by atoms with Crippen LogP contribution in [0.3, 0.4) is 0 Å². The van der Waals surface area contributed by atoms with E-state index < -0.39 is 37.1 Å². The molecule has 5 atom stereocenters. The summed E-state index contributed by atoms with van der Waals surface area (Å²) in [6, 6.07) is 5.17. The second kappa shape index (κ2) is 6.38. The molecule has 0 spiro atoms. The van der Waals surface area contributed by atoms with Crippen molar-refractivity contribution in [1.29, 1.82) is 0 Å². The van der Waals surface area contributed by atoms with Gasteiger partial charge in [-0.05, 0) is 18.2 Å². The van der Waals surface area contributed by atoms with Crippen molar-refractivity contribution < 1.29 is 29.9 Å². The number of aliphatic hydroxyl groups excluding tert-OH is 4. The molecule has 2 rings (SSSR count). The van der Waals surface area contributed by atoms with Gasteiger partial charge in [0.15, 0.2) is 0 Å². The normalized spacial score (nSPS) is 34.0. The van der Waals surface area contributed by atoms with E-state index >= 15 is 0 Å². The van der Waals surface area contributed by atoms with Crippen LogP contribution in [0.1, 0.15) is 11.7 Å². The Kier molecular flexibility index (Phi) is 5.00. The van der Waals surface area contributed by atoms with Crippen molar-refractivity contribution >= 4 is 15.9 Å². The summed E-state index contributed by atoms with van der Waals surface area (Å²) >= 11 is 3.32. The summed E-state index contributed by atoms with van der Waals surface area (Å²) in [6.45, 7) is -0.461. The van der Waals surface area contributed by atoms with E-state index in [1.807, 2.05) is 0 Å². The molecule has 0 saturated carbocycles. The predicted molar refractivity (Wildman–Crippen MR) is 73.4 cm³/mol. The SMILES string of the molecule is COc1ccc(Br)cc1C1OC(CO)C(O)C(O)C1O. The lowest BCUT2D eigenvalue weighted by Crippen LogP contribution is -2.55. The van der Waals surface area contributed by atoms with Crippen molar-refractivity contribution in [1.82, 2.24) is 0 Å². The fraction of sp³-hybridized carbons (Fsp3) is 0.538. The minimum absolute atomic E-state index is 0.461. The fourth-order valence-corrected chi connectivity index (χ4v) is 2.66. The van der Waals surface area contributed by atoms with E-state index in [9.17, 15) is 20.4 Å². The molecule has 0 aliphatic carbocycles. The van der Waals surface area contributed by atoms with Gasteiger partial charge < -0.3 is 29.9 Å². The summed E-state index contributed by atoms with van der Waals surface area (Å²) in [6.07, 6.45) is -5.95. The van der Waals surface area contributed by atoms with Gasteiger partial charge in [-0.15, -0.1) is 0 Å². The molecule has 0 bridgehead atoms. The Hall–Kier alpha value is -0.700. The lowest BCUT2D eigenvalue weighted by Gasteiger charge is -2.40. The van der Waals surface area contributed by atoms with Crippen LogP contribution in [0.2, 0.25) is 0 Å². The Morgan fingerprint density at radius 1 is 1.20 bits per heavy atom. The van der Waals surface area contributed by atoms with E-state index in [0.29, 0.717) is 11.3 Å². The second-order valence-electron chi connectivity index (χ2n) is 4.64. The first kappa shape index (κ1) is 15.7. The van der Waals surface area contributed by atoms with Gasteiger partial charge in [-0.25, -0.2) is 0 Å². The highest BCUT2D eigenvalue weighted by molar-refractivity contribution is 9.10. The van der Waals surface area contributed by atoms with E-state index in [0.717, 1.165) is 4.47 Å². The highest BCUT2D eigenvalue weighted by atomic mass is 79.9. The van der Waals surface area contributed by atoms with Crippen LogP contribution >= 0.6 is 15.9 Å². The van der Waals surface area contributed by atoms with Gasteiger partial charge in [0.05, 0.1) is 13.7 Å². The van der Waals surface area contributed by atoms with Crippen LogP contribution in [0, 0.1) is 0 Å². The Morgan fingerprint density at radius 3 is 2.50 bits per heavy atom. The fourth-order valence-electron chi connectivity index (χ4n) is 2.29. The van der Waals surface area contributed by atoms with Crippen molar-refractivity contribution in [3.8, 4) is 5.75 Å². The molecule has 1 aromatic rings. The minimum atomic E-state index is -1.41. The van der Waals surface area contributed by atoms with Crippen LogP contribution < -0.4 is 4.74 Å². The van der Waals surface area contributed by atoms with Gasteiger partial charge in [-0.3, -0.25) is 0 Å². The smallest absolute Gasteiger partial charge is 0.124 e. The van der Waals surface area contributed by atoms with Crippen molar-refractivity contribution in [3.05, 3.63) is 28.2 Å². The van der Waals surface area contributed by atoms with Crippen LogP contribution in [0.25, 0.3) is 0 Å². The Morgan fingerprint density at radius 2 is 1.90 bits per heavy atom. The quantitative estimate of drug-likeness (QED) is 0.612. The molecule has 5 unspecified atom stereocenters. The molecule has 1 heterocycles. The van der Waals surface area contributed by atoms with Gasteiger partial charge >= 0.3 is 0 Å². The summed E-state index contributed by atoms with van der Waals surface area (Å²) in [5.74, 6) is 0.484. The summed E-state index contributed by atoms with van der Waals surface area (Å²) < 4.78 is 11.5. The third kappa shape index (κ3) is 2.83. The van der Waals surface area contributed by atoms with Crippen LogP contribution in [0.4, 0.5) is 0 Å². The molecule has 0 radical (unpaired) electrons. The zero-order valence-electron chi connectivity index (χ0n) is 10.8. The summed E-state index contributed by atoms with van der Waals surface area (Å²) in [5.41, 5.74) is 0.527. The number of rotatable bonds is 3. The molecule has 0 amide bonds. The predicted octanol–water partition coefficient (Wildman–Crippen LogP) is -0.0274. The molecule has 1 saturated heterocycles. The maximum atomic E-state index is 10.1. The molecule has 1 fully saturated rings. The minimum Gasteiger partial charge on any atom is -0.496 e. The summed E-state index contributed by atoms with van der Waals surface area (Å²) in [5, 5.41) is 38.9. The highest BCUT2D eigenvalue weighted by Crippen LogP contribution is 2.38. The number of hydrogen-bond acceptors (Lipinski definition) is 6. The second-order valence-corrected chi connectivity index (χ2v) is 5.55. The molecule has 6 nitrogen and oxygen atoms in total. The lowest BCUT2D eigenvalue weighted by molar-refractivity contribution is -0.232. The van der Waals surface area contributed by atoms with E-state index in [-0.39, 0.29) is 0 Å². The standard InChI is InChI=1S/C13H17BrO6/c1-19-8-3-2-6(14)4-7(8)13-12(18)11(17)10(16)9(5-15)20-13/h2-4,9-13,15-18H,5H2,1H3. The average Bonchev–Trinajstić information content (AvgIpc) is 2.45. The van der Waals surface area contributed by atoms with Crippen molar-refractivity contribution in [2.45, 2.75) is 30.5 Å². The van der Waals surface area contributed by atoms with Gasteiger partial charge in [0.25, 0.3) is 0 Å². The van der Waals surface area contributed by atoms with Crippen molar-refractivity contribution in [3.63, 3.8) is 0 Å². The van der Waals surface area contributed by atoms with Gasteiger partial charge in [0, 0.05) is 10.0 Å². The largest absolute Gasteiger partial charge is 0.496 e. The molecule has 112 valence electrons. The molecule has 1 aliphatic rings. The first-order chi connectivity index (χ1) is 9.49. The molecule has 0 aromatic heterocycles. The third-order valence-electron chi connectivity index (χ3n) is 3.39. The number of methoxy groups -OCH3 is 1. The van der Waals surface area contributed by atoms with Gasteiger partial charge in [0.1, 0.15) is 36.3 Å². The number of halogens is 1. The maximum absolute atomic E-state index is 10.1. The van der Waals surface area contributed by atoms with Gasteiger partial charge in [-0.1, -0.05) is 15.9 Å². The monoisotopic (exact) mass is 348 g/mol. The van der Waals surface area contributed by atoms with E-state index in [4.69, 9.17) is 9.47 Å². The van der Waals surface area contributed by atoms with E-state index in [1.54, 1.807) is 18.2 Å². The van der Waals surface area contributed by atoms with Crippen LogP contribution in [-0.2, 0) is 4.74 Å². The van der Waals surface area contributed by atoms with Crippen molar-refractivity contribution in [2.24, 2.45) is 0 Å². The molecule has 7 heteroatoms. The molecule has 1 aromatic carbocycles. The lowest BCUT2D eigenvalue weighted by atomic mass is 9.91. The van der Waals surface area contributed by atoms with E-state index in [1.165, 1.54) is 7.11 Å².